The van der Waals surface area contributed by atoms with Crippen molar-refractivity contribution in [3.63, 3.8) is 0 Å². The van der Waals surface area contributed by atoms with Gasteiger partial charge >= 0.3 is 0 Å². The minimum absolute atomic E-state index is 0.627. The van der Waals surface area contributed by atoms with E-state index in [9.17, 15) is 0 Å². The average Bonchev–Trinajstić information content (AvgIpc) is 3.01. The van der Waals surface area contributed by atoms with Gasteiger partial charge in [0.1, 0.15) is 0 Å². The van der Waals surface area contributed by atoms with Gasteiger partial charge in [0.2, 0.25) is 5.89 Å². The van der Waals surface area contributed by atoms with Gasteiger partial charge in [-0.1, -0.05) is 53.7 Å². The van der Waals surface area contributed by atoms with Gasteiger partial charge in [0.05, 0.1) is 6.54 Å². The van der Waals surface area contributed by atoms with Crippen molar-refractivity contribution < 1.29 is 4.52 Å². The molecule has 0 fully saturated rings. The van der Waals surface area contributed by atoms with Gasteiger partial charge in [-0.3, -0.25) is 0 Å². The minimum atomic E-state index is 0.627. The molecule has 22 heavy (non-hydrogen) atoms. The van der Waals surface area contributed by atoms with Crippen molar-refractivity contribution in [2.24, 2.45) is 0 Å². The molecule has 0 aliphatic rings. The van der Waals surface area contributed by atoms with E-state index < -0.39 is 0 Å². The van der Waals surface area contributed by atoms with E-state index in [1.54, 1.807) is 0 Å². The molecular weight excluding hydrogens is 274 g/mol. The first-order chi connectivity index (χ1) is 10.8. The molecule has 0 atom stereocenters. The second-order valence-electron chi connectivity index (χ2n) is 5.12. The molecule has 4 heteroatoms. The number of rotatable bonds is 6. The number of benzene rings is 2. The Bertz CT molecular complexity index is 695. The van der Waals surface area contributed by atoms with Crippen molar-refractivity contribution in [3.8, 4) is 0 Å². The first-order valence-corrected chi connectivity index (χ1v) is 7.50. The summed E-state index contributed by atoms with van der Waals surface area (Å²) >= 11 is 0. The Morgan fingerprint density at radius 1 is 0.955 bits per heavy atom. The van der Waals surface area contributed by atoms with Crippen molar-refractivity contribution in [1.29, 1.82) is 0 Å². The van der Waals surface area contributed by atoms with E-state index in [-0.39, 0.29) is 0 Å². The van der Waals surface area contributed by atoms with Crippen LogP contribution < -0.4 is 4.90 Å². The van der Waals surface area contributed by atoms with Crippen LogP contribution in [0.3, 0.4) is 0 Å². The van der Waals surface area contributed by atoms with E-state index in [2.05, 4.69) is 46.2 Å². The fraction of sp³-hybridized carbons (Fsp3) is 0.222. The zero-order chi connectivity index (χ0) is 15.2. The third-order valence-corrected chi connectivity index (χ3v) is 3.54. The molecule has 0 saturated carbocycles. The van der Waals surface area contributed by atoms with Gasteiger partial charge in [-0.05, 0) is 24.6 Å². The SMILES string of the molecule is CCN(Cc1nc(Cc2ccccc2)no1)c1ccccc1. The lowest BCUT2D eigenvalue weighted by molar-refractivity contribution is 0.372. The van der Waals surface area contributed by atoms with Crippen LogP contribution in [0.15, 0.2) is 65.2 Å². The molecule has 0 bridgehead atoms. The van der Waals surface area contributed by atoms with E-state index in [1.165, 1.54) is 5.56 Å². The zero-order valence-corrected chi connectivity index (χ0v) is 12.6. The summed E-state index contributed by atoms with van der Waals surface area (Å²) in [6.45, 7) is 3.64. The van der Waals surface area contributed by atoms with E-state index in [4.69, 9.17) is 4.52 Å². The standard InChI is InChI=1S/C18H19N3O/c1-2-21(16-11-7-4-8-12-16)14-18-19-17(20-22-18)13-15-9-5-3-6-10-15/h3-12H,2,13-14H2,1H3. The number of aromatic nitrogens is 2. The summed E-state index contributed by atoms with van der Waals surface area (Å²) < 4.78 is 5.39. The number of para-hydroxylation sites is 1. The molecule has 2 aromatic carbocycles. The Balaban J connectivity index is 1.68. The monoisotopic (exact) mass is 293 g/mol. The van der Waals surface area contributed by atoms with Crippen molar-refractivity contribution in [3.05, 3.63) is 77.9 Å². The molecule has 4 nitrogen and oxygen atoms in total. The van der Waals surface area contributed by atoms with Crippen LogP contribution in [0.5, 0.6) is 0 Å². The highest BCUT2D eigenvalue weighted by molar-refractivity contribution is 5.45. The lowest BCUT2D eigenvalue weighted by Gasteiger charge is -2.20. The highest BCUT2D eigenvalue weighted by Gasteiger charge is 2.11. The van der Waals surface area contributed by atoms with Gasteiger partial charge in [0.15, 0.2) is 5.82 Å². The molecule has 0 saturated heterocycles. The van der Waals surface area contributed by atoms with Crippen LogP contribution in [0.4, 0.5) is 5.69 Å². The molecular formula is C18H19N3O. The lowest BCUT2D eigenvalue weighted by atomic mass is 10.1. The highest BCUT2D eigenvalue weighted by Crippen LogP contribution is 2.16. The van der Waals surface area contributed by atoms with Crippen molar-refractivity contribution in [2.75, 3.05) is 11.4 Å². The molecule has 0 aliphatic carbocycles. The molecule has 0 aliphatic heterocycles. The topological polar surface area (TPSA) is 42.2 Å². The summed E-state index contributed by atoms with van der Waals surface area (Å²) in [5.41, 5.74) is 2.35. The number of hydrogen-bond acceptors (Lipinski definition) is 4. The Hall–Kier alpha value is -2.62. The average molecular weight is 293 g/mol. The van der Waals surface area contributed by atoms with E-state index >= 15 is 0 Å². The molecule has 3 rings (SSSR count). The Morgan fingerprint density at radius 3 is 2.32 bits per heavy atom. The normalized spacial score (nSPS) is 10.6. The predicted molar refractivity (Wildman–Crippen MR) is 86.7 cm³/mol. The first kappa shape index (κ1) is 14.3. The number of nitrogens with zero attached hydrogens (tertiary/aromatic N) is 3. The third kappa shape index (κ3) is 3.52. The molecule has 0 radical (unpaired) electrons. The number of hydrogen-bond donors (Lipinski definition) is 0. The molecule has 0 N–H and O–H groups in total. The van der Waals surface area contributed by atoms with Crippen molar-refractivity contribution in [1.82, 2.24) is 10.1 Å². The second-order valence-corrected chi connectivity index (χ2v) is 5.12. The van der Waals surface area contributed by atoms with Crippen LogP contribution >= 0.6 is 0 Å². The highest BCUT2D eigenvalue weighted by atomic mass is 16.5. The van der Waals surface area contributed by atoms with E-state index in [0.717, 1.165) is 18.1 Å². The van der Waals surface area contributed by atoms with Crippen LogP contribution in [0.25, 0.3) is 0 Å². The molecule has 0 spiro atoms. The van der Waals surface area contributed by atoms with E-state index in [1.807, 2.05) is 36.4 Å². The molecule has 3 aromatic rings. The Morgan fingerprint density at radius 2 is 1.64 bits per heavy atom. The zero-order valence-electron chi connectivity index (χ0n) is 12.6. The maximum absolute atomic E-state index is 5.39. The van der Waals surface area contributed by atoms with Gasteiger partial charge in [-0.25, -0.2) is 0 Å². The molecule has 0 amide bonds. The summed E-state index contributed by atoms with van der Waals surface area (Å²) in [7, 11) is 0. The largest absolute Gasteiger partial charge is 0.362 e. The van der Waals surface area contributed by atoms with Gasteiger partial charge in [-0.2, -0.15) is 4.98 Å². The Kier molecular flexibility index (Phi) is 4.49. The summed E-state index contributed by atoms with van der Waals surface area (Å²) in [5.74, 6) is 1.38. The molecule has 1 aromatic heterocycles. The fourth-order valence-electron chi connectivity index (χ4n) is 2.39. The summed E-state index contributed by atoms with van der Waals surface area (Å²) in [4.78, 5) is 6.71. The van der Waals surface area contributed by atoms with Crippen LogP contribution in [0.2, 0.25) is 0 Å². The van der Waals surface area contributed by atoms with Crippen molar-refractivity contribution >= 4 is 5.69 Å². The van der Waals surface area contributed by atoms with Crippen LogP contribution in [0, 0.1) is 0 Å². The summed E-state index contributed by atoms with van der Waals surface area (Å²) in [6.07, 6.45) is 0.696. The number of anilines is 1. The van der Waals surface area contributed by atoms with Gasteiger partial charge in [-0.15, -0.1) is 0 Å². The summed E-state index contributed by atoms with van der Waals surface area (Å²) in [6, 6.07) is 20.4. The lowest BCUT2D eigenvalue weighted by Crippen LogP contribution is -2.22. The quantitative estimate of drug-likeness (QED) is 0.695. The predicted octanol–water partition coefficient (Wildman–Crippen LogP) is 3.69. The van der Waals surface area contributed by atoms with Crippen LogP contribution in [-0.4, -0.2) is 16.7 Å². The first-order valence-electron chi connectivity index (χ1n) is 7.50. The van der Waals surface area contributed by atoms with Crippen LogP contribution in [0.1, 0.15) is 24.2 Å². The second kappa shape index (κ2) is 6.89. The summed E-state index contributed by atoms with van der Waals surface area (Å²) in [5, 5.41) is 4.08. The van der Waals surface area contributed by atoms with Crippen LogP contribution in [-0.2, 0) is 13.0 Å². The molecule has 1 heterocycles. The third-order valence-electron chi connectivity index (χ3n) is 3.54. The van der Waals surface area contributed by atoms with Gasteiger partial charge in [0.25, 0.3) is 0 Å². The fourth-order valence-corrected chi connectivity index (χ4v) is 2.39. The van der Waals surface area contributed by atoms with Gasteiger partial charge in [0, 0.05) is 18.7 Å². The maximum atomic E-state index is 5.39. The van der Waals surface area contributed by atoms with E-state index in [0.29, 0.717) is 18.9 Å². The molecule has 0 unspecified atom stereocenters. The minimum Gasteiger partial charge on any atom is -0.362 e. The van der Waals surface area contributed by atoms with Gasteiger partial charge < -0.3 is 9.42 Å². The smallest absolute Gasteiger partial charge is 0.246 e. The maximum Gasteiger partial charge on any atom is 0.246 e. The Labute approximate surface area is 130 Å². The van der Waals surface area contributed by atoms with Crippen molar-refractivity contribution in [2.45, 2.75) is 19.9 Å². The molecule has 112 valence electrons.